The molecule has 0 saturated carbocycles. The fourth-order valence-electron chi connectivity index (χ4n) is 2.54. The van der Waals surface area contributed by atoms with E-state index >= 15 is 0 Å². The average molecular weight is 421 g/mol. The molecule has 0 spiro atoms. The first-order chi connectivity index (χ1) is 12.8. The van der Waals surface area contributed by atoms with Gasteiger partial charge >= 0.3 is 5.97 Å². The van der Waals surface area contributed by atoms with Crippen LogP contribution in [0.5, 0.6) is 0 Å². The number of carboxylic acid groups (broad SMARTS) is 1. The number of carbonyl (C=O) groups excluding carboxylic acids is 3. The normalized spacial score (nSPS) is 19.6. The van der Waals surface area contributed by atoms with Gasteiger partial charge in [0.15, 0.2) is 0 Å². The van der Waals surface area contributed by atoms with Crippen molar-refractivity contribution in [1.29, 1.82) is 0 Å². The second-order valence-corrected chi connectivity index (χ2v) is 7.65. The van der Waals surface area contributed by atoms with Crippen LogP contribution in [0.2, 0.25) is 0 Å². The number of thioether (sulfide) groups is 1. The molecule has 154 valence electrons. The van der Waals surface area contributed by atoms with Crippen LogP contribution < -0.4 is 21.3 Å². The number of hydrogen-bond acceptors (Lipinski definition) is 7. The van der Waals surface area contributed by atoms with Crippen molar-refractivity contribution < 1.29 is 24.3 Å². The van der Waals surface area contributed by atoms with E-state index in [1.165, 1.54) is 18.7 Å². The number of carboxylic acids is 1. The number of hydrogen-bond donors (Lipinski definition) is 6. The summed E-state index contributed by atoms with van der Waals surface area (Å²) in [4.78, 5) is 47.9. The summed E-state index contributed by atoms with van der Waals surface area (Å²) in [6, 6.07) is -3.17. The van der Waals surface area contributed by atoms with Crippen LogP contribution >= 0.6 is 24.4 Å². The molecule has 1 fully saturated rings. The van der Waals surface area contributed by atoms with Crippen molar-refractivity contribution in [3.63, 3.8) is 0 Å². The van der Waals surface area contributed by atoms with Gasteiger partial charge in [-0.1, -0.05) is 0 Å². The maximum atomic E-state index is 12.3. The molecule has 0 aromatic carbocycles. The first kappa shape index (κ1) is 23.6. The van der Waals surface area contributed by atoms with E-state index in [0.717, 1.165) is 13.0 Å². The molecule has 1 saturated heterocycles. The van der Waals surface area contributed by atoms with E-state index in [1.54, 1.807) is 0 Å². The van der Waals surface area contributed by atoms with Crippen LogP contribution in [-0.2, 0) is 19.2 Å². The van der Waals surface area contributed by atoms with Crippen molar-refractivity contribution in [1.82, 2.24) is 21.3 Å². The highest BCUT2D eigenvalue weighted by molar-refractivity contribution is 7.98. The minimum atomic E-state index is -1.12. The van der Waals surface area contributed by atoms with Crippen LogP contribution in [0.3, 0.4) is 0 Å². The lowest BCUT2D eigenvalue weighted by atomic mass is 10.2. The van der Waals surface area contributed by atoms with Crippen molar-refractivity contribution in [2.45, 2.75) is 50.4 Å². The Morgan fingerprint density at radius 2 is 1.89 bits per heavy atom. The summed E-state index contributed by atoms with van der Waals surface area (Å²) in [5.74, 6) is -1.89. The van der Waals surface area contributed by atoms with Gasteiger partial charge in [0.25, 0.3) is 0 Å². The second kappa shape index (κ2) is 12.1. The zero-order valence-electron chi connectivity index (χ0n) is 15.5. The third-order valence-electron chi connectivity index (χ3n) is 4.17. The van der Waals surface area contributed by atoms with E-state index in [0.29, 0.717) is 12.2 Å². The minimum Gasteiger partial charge on any atom is -0.480 e. The second-order valence-electron chi connectivity index (χ2n) is 6.30. The van der Waals surface area contributed by atoms with Crippen LogP contribution in [0, 0.1) is 0 Å². The number of carbonyl (C=O) groups is 4. The van der Waals surface area contributed by atoms with Crippen molar-refractivity contribution in [3.8, 4) is 0 Å². The maximum Gasteiger partial charge on any atom is 0.326 e. The summed E-state index contributed by atoms with van der Waals surface area (Å²) in [6.45, 7) is 2.21. The molecule has 11 heteroatoms. The topological polar surface area (TPSA) is 137 Å². The lowest BCUT2D eigenvalue weighted by Crippen LogP contribution is -2.56. The Morgan fingerprint density at radius 3 is 2.41 bits per heavy atom. The Labute approximate surface area is 168 Å². The summed E-state index contributed by atoms with van der Waals surface area (Å²) in [5, 5.41) is 19.7. The molecule has 27 heavy (non-hydrogen) atoms. The third kappa shape index (κ3) is 7.97. The number of amides is 3. The van der Waals surface area contributed by atoms with E-state index in [2.05, 4.69) is 33.9 Å². The predicted octanol–water partition coefficient (Wildman–Crippen LogP) is -1.02. The molecule has 0 bridgehead atoms. The monoisotopic (exact) mass is 420 g/mol. The number of aliphatic carboxylic acids is 1. The van der Waals surface area contributed by atoms with E-state index < -0.39 is 35.9 Å². The van der Waals surface area contributed by atoms with E-state index in [1.807, 2.05) is 6.26 Å². The first-order valence-electron chi connectivity index (χ1n) is 8.77. The van der Waals surface area contributed by atoms with Crippen molar-refractivity contribution >= 4 is 48.1 Å². The molecule has 3 amide bonds. The molecule has 9 nitrogen and oxygen atoms in total. The molecular weight excluding hydrogens is 392 g/mol. The standard InChI is InChI=1S/C16H28N4O5S2/c1-9(13(21)19-11(16(24)25)5-7-27-2)18-15(23)12(8-26)20-14(22)10-4-3-6-17-10/h9-12,17,26H,3-8H2,1-2H3,(H,18,23)(H,19,21)(H,20,22)(H,24,25). The molecule has 0 radical (unpaired) electrons. The first-order valence-corrected chi connectivity index (χ1v) is 10.8. The predicted molar refractivity (Wildman–Crippen MR) is 107 cm³/mol. The highest BCUT2D eigenvalue weighted by Crippen LogP contribution is 2.05. The zero-order valence-corrected chi connectivity index (χ0v) is 17.2. The molecule has 1 aliphatic heterocycles. The van der Waals surface area contributed by atoms with Gasteiger partial charge in [-0.25, -0.2) is 4.79 Å². The fraction of sp³-hybridized carbons (Fsp3) is 0.750. The average Bonchev–Trinajstić information content (AvgIpc) is 3.17. The van der Waals surface area contributed by atoms with Gasteiger partial charge in [0, 0.05) is 5.75 Å². The van der Waals surface area contributed by atoms with Crippen LogP contribution in [-0.4, -0.2) is 77.3 Å². The number of rotatable bonds is 11. The van der Waals surface area contributed by atoms with E-state index in [4.69, 9.17) is 5.11 Å². The molecule has 0 aliphatic carbocycles. The van der Waals surface area contributed by atoms with E-state index in [9.17, 15) is 19.2 Å². The minimum absolute atomic E-state index is 0.0735. The summed E-state index contributed by atoms with van der Waals surface area (Å²) < 4.78 is 0. The Balaban J connectivity index is 2.54. The molecule has 4 unspecified atom stereocenters. The summed E-state index contributed by atoms with van der Waals surface area (Å²) in [7, 11) is 0. The van der Waals surface area contributed by atoms with Gasteiger partial charge in [-0.2, -0.15) is 24.4 Å². The van der Waals surface area contributed by atoms with E-state index in [-0.39, 0.29) is 24.1 Å². The summed E-state index contributed by atoms with van der Waals surface area (Å²) in [6.07, 6.45) is 3.73. The van der Waals surface area contributed by atoms with Crippen molar-refractivity contribution in [2.24, 2.45) is 0 Å². The van der Waals surface area contributed by atoms with Gasteiger partial charge in [-0.15, -0.1) is 0 Å². The third-order valence-corrected chi connectivity index (χ3v) is 5.18. The number of nitrogens with one attached hydrogen (secondary N) is 4. The lowest BCUT2D eigenvalue weighted by Gasteiger charge is -2.22. The zero-order chi connectivity index (χ0) is 20.4. The molecule has 0 aromatic rings. The van der Waals surface area contributed by atoms with Crippen LogP contribution in [0.4, 0.5) is 0 Å². The van der Waals surface area contributed by atoms with Crippen LogP contribution in [0.1, 0.15) is 26.2 Å². The Morgan fingerprint density at radius 1 is 1.19 bits per heavy atom. The van der Waals surface area contributed by atoms with Crippen molar-refractivity contribution in [2.75, 3.05) is 24.3 Å². The number of thiol groups is 1. The van der Waals surface area contributed by atoms with Crippen molar-refractivity contribution in [3.05, 3.63) is 0 Å². The Hall–Kier alpha value is -1.46. The molecule has 1 rings (SSSR count). The molecule has 1 heterocycles. The van der Waals surface area contributed by atoms with Gasteiger partial charge in [-0.3, -0.25) is 14.4 Å². The maximum absolute atomic E-state index is 12.3. The largest absolute Gasteiger partial charge is 0.480 e. The summed E-state index contributed by atoms with van der Waals surface area (Å²) >= 11 is 5.57. The van der Waals surface area contributed by atoms with Gasteiger partial charge in [0.1, 0.15) is 18.1 Å². The van der Waals surface area contributed by atoms with Gasteiger partial charge in [0.05, 0.1) is 6.04 Å². The fourth-order valence-corrected chi connectivity index (χ4v) is 3.27. The van der Waals surface area contributed by atoms with Crippen LogP contribution in [0.25, 0.3) is 0 Å². The smallest absolute Gasteiger partial charge is 0.326 e. The molecule has 5 N–H and O–H groups in total. The highest BCUT2D eigenvalue weighted by atomic mass is 32.2. The molecule has 4 atom stereocenters. The quantitative estimate of drug-likeness (QED) is 0.235. The molecule has 0 aromatic heterocycles. The summed E-state index contributed by atoms with van der Waals surface area (Å²) in [5.41, 5.74) is 0. The lowest BCUT2D eigenvalue weighted by molar-refractivity contribution is -0.142. The molecule has 1 aliphatic rings. The van der Waals surface area contributed by atoms with Gasteiger partial charge in [-0.05, 0) is 44.7 Å². The SMILES string of the molecule is CSCCC(NC(=O)C(C)NC(=O)C(CS)NC(=O)C1CCCN1)C(=O)O. The Bertz CT molecular complexity index is 543. The van der Waals surface area contributed by atoms with Gasteiger partial charge < -0.3 is 26.4 Å². The molecular formula is C16H28N4O5S2. The van der Waals surface area contributed by atoms with Gasteiger partial charge in [0.2, 0.25) is 17.7 Å². The highest BCUT2D eigenvalue weighted by Gasteiger charge is 2.29. The van der Waals surface area contributed by atoms with Crippen LogP contribution in [0.15, 0.2) is 0 Å². The Kier molecular flexibility index (Phi) is 10.6.